The van der Waals surface area contributed by atoms with E-state index in [1.807, 2.05) is 38.1 Å². The van der Waals surface area contributed by atoms with Gasteiger partial charge in [0.05, 0.1) is 0 Å². The fourth-order valence-electron chi connectivity index (χ4n) is 3.02. The van der Waals surface area contributed by atoms with Crippen LogP contribution in [-0.4, -0.2) is 12.5 Å². The molecule has 3 nitrogen and oxygen atoms in total. The highest BCUT2D eigenvalue weighted by Crippen LogP contribution is 2.33. The minimum atomic E-state index is 0.0727. The molecule has 0 spiro atoms. The average Bonchev–Trinajstić information content (AvgIpc) is 2.81. The molecule has 21 heavy (non-hydrogen) atoms. The third-order valence-electron chi connectivity index (χ3n) is 3.88. The number of carbonyl (C=O) groups is 1. The van der Waals surface area contributed by atoms with Gasteiger partial charge in [0.15, 0.2) is 0 Å². The lowest BCUT2D eigenvalue weighted by Gasteiger charge is -2.11. The molecule has 0 saturated carbocycles. The highest BCUT2D eigenvalue weighted by molar-refractivity contribution is 5.91. The fraction of sp³-hybridized carbons (Fsp3) is 0.278. The molecule has 0 bridgehead atoms. The van der Waals surface area contributed by atoms with Gasteiger partial charge in [0, 0.05) is 30.3 Å². The number of para-hydroxylation sites is 1. The Labute approximate surface area is 125 Å². The number of benzene rings is 2. The zero-order valence-electron chi connectivity index (χ0n) is 12.4. The Morgan fingerprint density at radius 2 is 1.90 bits per heavy atom. The van der Waals surface area contributed by atoms with Crippen molar-refractivity contribution in [3.05, 3.63) is 59.2 Å². The standard InChI is InChI=1S/C18H20N2O/c1-12-7-13(2)9-15(8-12)20-18(21)10-14-11-19-17-6-4-3-5-16(14)17/h3-9,14,19H,10-11H2,1-2H3,(H,20,21). The SMILES string of the molecule is Cc1cc(C)cc(NC(=O)CC2CNc3ccccc32)c1. The molecule has 1 heterocycles. The molecule has 0 saturated heterocycles. The molecule has 1 aliphatic rings. The monoisotopic (exact) mass is 280 g/mol. The molecule has 3 heteroatoms. The molecule has 1 amide bonds. The van der Waals surface area contributed by atoms with Crippen molar-refractivity contribution in [1.82, 2.24) is 0 Å². The van der Waals surface area contributed by atoms with Crippen LogP contribution >= 0.6 is 0 Å². The lowest BCUT2D eigenvalue weighted by Crippen LogP contribution is -2.16. The zero-order chi connectivity index (χ0) is 14.8. The molecule has 1 aliphatic heterocycles. The number of hydrogen-bond acceptors (Lipinski definition) is 2. The van der Waals surface area contributed by atoms with Gasteiger partial charge in [0.2, 0.25) is 5.91 Å². The summed E-state index contributed by atoms with van der Waals surface area (Å²) >= 11 is 0. The van der Waals surface area contributed by atoms with E-state index in [9.17, 15) is 4.79 Å². The molecule has 3 rings (SSSR count). The lowest BCUT2D eigenvalue weighted by atomic mass is 9.97. The summed E-state index contributed by atoms with van der Waals surface area (Å²) in [6.45, 7) is 4.92. The summed E-state index contributed by atoms with van der Waals surface area (Å²) in [5.41, 5.74) is 5.61. The first-order valence-corrected chi connectivity index (χ1v) is 7.33. The van der Waals surface area contributed by atoms with Gasteiger partial charge in [-0.25, -0.2) is 0 Å². The number of aryl methyl sites for hydroxylation is 2. The fourth-order valence-corrected chi connectivity index (χ4v) is 3.02. The maximum absolute atomic E-state index is 12.3. The largest absolute Gasteiger partial charge is 0.384 e. The van der Waals surface area contributed by atoms with Crippen LogP contribution in [0.2, 0.25) is 0 Å². The first-order valence-electron chi connectivity index (χ1n) is 7.33. The number of amides is 1. The molecule has 1 atom stereocenters. The van der Waals surface area contributed by atoms with Crippen LogP contribution in [0.15, 0.2) is 42.5 Å². The van der Waals surface area contributed by atoms with Crippen LogP contribution in [0.25, 0.3) is 0 Å². The van der Waals surface area contributed by atoms with Gasteiger partial charge in [-0.15, -0.1) is 0 Å². The van der Waals surface area contributed by atoms with Gasteiger partial charge < -0.3 is 10.6 Å². The highest BCUT2D eigenvalue weighted by atomic mass is 16.1. The Morgan fingerprint density at radius 1 is 1.19 bits per heavy atom. The number of hydrogen-bond donors (Lipinski definition) is 2. The average molecular weight is 280 g/mol. The van der Waals surface area contributed by atoms with E-state index in [1.54, 1.807) is 0 Å². The van der Waals surface area contributed by atoms with Gasteiger partial charge in [-0.3, -0.25) is 4.79 Å². The summed E-state index contributed by atoms with van der Waals surface area (Å²) in [5, 5.41) is 6.37. The smallest absolute Gasteiger partial charge is 0.225 e. The van der Waals surface area contributed by atoms with Crippen molar-refractivity contribution >= 4 is 17.3 Å². The maximum Gasteiger partial charge on any atom is 0.225 e. The van der Waals surface area contributed by atoms with E-state index in [0.717, 1.165) is 29.0 Å². The number of carbonyl (C=O) groups excluding carboxylic acids is 1. The summed E-state index contributed by atoms with van der Waals surface area (Å²) in [7, 11) is 0. The van der Waals surface area contributed by atoms with E-state index in [2.05, 4.69) is 28.8 Å². The molecular weight excluding hydrogens is 260 g/mol. The van der Waals surface area contributed by atoms with E-state index in [1.165, 1.54) is 5.56 Å². The molecule has 108 valence electrons. The van der Waals surface area contributed by atoms with Crippen molar-refractivity contribution in [2.45, 2.75) is 26.2 Å². The quantitative estimate of drug-likeness (QED) is 0.897. The molecule has 1 unspecified atom stereocenters. The van der Waals surface area contributed by atoms with E-state index in [-0.39, 0.29) is 11.8 Å². The Hall–Kier alpha value is -2.29. The van der Waals surface area contributed by atoms with Crippen LogP contribution in [0.3, 0.4) is 0 Å². The second kappa shape index (κ2) is 5.60. The molecule has 0 radical (unpaired) electrons. The van der Waals surface area contributed by atoms with Gasteiger partial charge in [-0.1, -0.05) is 24.3 Å². The van der Waals surface area contributed by atoms with Crippen LogP contribution in [-0.2, 0) is 4.79 Å². The Kier molecular flexibility index (Phi) is 3.65. The summed E-state index contributed by atoms with van der Waals surface area (Å²) in [4.78, 5) is 12.3. The predicted octanol–water partition coefficient (Wildman–Crippen LogP) is 3.84. The Morgan fingerprint density at radius 3 is 2.67 bits per heavy atom. The molecule has 0 fully saturated rings. The first-order chi connectivity index (χ1) is 10.1. The van der Waals surface area contributed by atoms with E-state index in [0.29, 0.717) is 6.42 Å². The highest BCUT2D eigenvalue weighted by Gasteiger charge is 2.23. The van der Waals surface area contributed by atoms with Crippen molar-refractivity contribution in [1.29, 1.82) is 0 Å². The predicted molar refractivity (Wildman–Crippen MR) is 86.8 cm³/mol. The molecule has 0 aliphatic carbocycles. The third-order valence-corrected chi connectivity index (χ3v) is 3.88. The number of fused-ring (bicyclic) bond motifs is 1. The Bertz CT molecular complexity index is 658. The topological polar surface area (TPSA) is 41.1 Å². The van der Waals surface area contributed by atoms with Gasteiger partial charge in [0.25, 0.3) is 0 Å². The first kappa shape index (κ1) is 13.7. The van der Waals surface area contributed by atoms with Crippen LogP contribution in [0.1, 0.15) is 29.0 Å². The third kappa shape index (κ3) is 3.07. The minimum Gasteiger partial charge on any atom is -0.384 e. The van der Waals surface area contributed by atoms with Crippen LogP contribution in [0.5, 0.6) is 0 Å². The summed E-state index contributed by atoms with van der Waals surface area (Å²) < 4.78 is 0. The minimum absolute atomic E-state index is 0.0727. The number of nitrogens with one attached hydrogen (secondary N) is 2. The van der Waals surface area contributed by atoms with Crippen LogP contribution in [0, 0.1) is 13.8 Å². The van der Waals surface area contributed by atoms with E-state index in [4.69, 9.17) is 0 Å². The van der Waals surface area contributed by atoms with Crippen molar-refractivity contribution in [2.24, 2.45) is 0 Å². The second-order valence-electron chi connectivity index (χ2n) is 5.79. The second-order valence-corrected chi connectivity index (χ2v) is 5.79. The molecular formula is C18H20N2O. The van der Waals surface area contributed by atoms with E-state index >= 15 is 0 Å². The molecule has 2 aromatic carbocycles. The number of rotatable bonds is 3. The van der Waals surface area contributed by atoms with Crippen molar-refractivity contribution in [3.63, 3.8) is 0 Å². The van der Waals surface area contributed by atoms with Crippen LogP contribution < -0.4 is 10.6 Å². The summed E-state index contributed by atoms with van der Waals surface area (Å²) in [5.74, 6) is 0.329. The van der Waals surface area contributed by atoms with Gasteiger partial charge in [-0.2, -0.15) is 0 Å². The Balaban J connectivity index is 1.68. The zero-order valence-corrected chi connectivity index (χ0v) is 12.4. The van der Waals surface area contributed by atoms with Gasteiger partial charge in [0.1, 0.15) is 0 Å². The normalized spacial score (nSPS) is 16.2. The van der Waals surface area contributed by atoms with Gasteiger partial charge >= 0.3 is 0 Å². The lowest BCUT2D eigenvalue weighted by molar-refractivity contribution is -0.116. The summed E-state index contributed by atoms with van der Waals surface area (Å²) in [6, 6.07) is 14.3. The summed E-state index contributed by atoms with van der Waals surface area (Å²) in [6.07, 6.45) is 0.511. The van der Waals surface area contributed by atoms with Gasteiger partial charge in [-0.05, 0) is 48.7 Å². The maximum atomic E-state index is 12.3. The number of anilines is 2. The van der Waals surface area contributed by atoms with E-state index < -0.39 is 0 Å². The molecule has 2 N–H and O–H groups in total. The van der Waals surface area contributed by atoms with Crippen molar-refractivity contribution < 1.29 is 4.79 Å². The van der Waals surface area contributed by atoms with Crippen LogP contribution in [0.4, 0.5) is 11.4 Å². The molecule has 0 aromatic heterocycles. The van der Waals surface area contributed by atoms with Crippen molar-refractivity contribution in [2.75, 3.05) is 17.2 Å². The molecule has 2 aromatic rings. The van der Waals surface area contributed by atoms with Crippen molar-refractivity contribution in [3.8, 4) is 0 Å².